The van der Waals surface area contributed by atoms with E-state index in [9.17, 15) is 0 Å². The Morgan fingerprint density at radius 3 is 1.47 bits per heavy atom. The number of rotatable bonds is 8. The molecule has 3 nitrogen and oxygen atoms in total. The van der Waals surface area contributed by atoms with Crippen LogP contribution >= 0.6 is 0 Å². The van der Waals surface area contributed by atoms with Crippen LogP contribution in [0.1, 0.15) is 22.3 Å². The fourth-order valence-corrected chi connectivity index (χ4v) is 11.7. The van der Waals surface area contributed by atoms with Crippen LogP contribution < -0.4 is 0 Å². The average Bonchev–Trinajstić information content (AvgIpc) is 3.79. The third-order valence-electron chi connectivity index (χ3n) is 15.0. The molecular formula is C70H45N3. The Morgan fingerprint density at radius 2 is 0.740 bits per heavy atom. The van der Waals surface area contributed by atoms with Gasteiger partial charge in [0.15, 0.2) is 17.5 Å². The highest BCUT2D eigenvalue weighted by atomic mass is 15.0. The maximum absolute atomic E-state index is 5.41. The molecule has 0 atom stereocenters. The van der Waals surface area contributed by atoms with Crippen molar-refractivity contribution in [2.75, 3.05) is 0 Å². The van der Waals surface area contributed by atoms with Crippen LogP contribution in [-0.2, 0) is 5.41 Å². The van der Waals surface area contributed by atoms with Crippen molar-refractivity contribution in [1.29, 1.82) is 0 Å². The van der Waals surface area contributed by atoms with E-state index >= 15 is 0 Å². The van der Waals surface area contributed by atoms with Crippen molar-refractivity contribution in [1.82, 2.24) is 15.0 Å². The minimum absolute atomic E-state index is 0.510. The van der Waals surface area contributed by atoms with E-state index in [-0.39, 0.29) is 0 Å². The second-order valence-electron chi connectivity index (χ2n) is 19.0. The summed E-state index contributed by atoms with van der Waals surface area (Å²) in [5, 5.41) is 7.46. The molecule has 1 heterocycles. The fraction of sp³-hybridized carbons (Fsp3) is 0.0143. The molecule has 0 N–H and O–H groups in total. The summed E-state index contributed by atoms with van der Waals surface area (Å²) in [6, 6.07) is 98.4. The molecule has 0 radical (unpaired) electrons. The largest absolute Gasteiger partial charge is 0.208 e. The molecule has 0 amide bonds. The number of nitrogens with zero attached hydrogens (tertiary/aromatic N) is 3. The molecule has 0 saturated heterocycles. The van der Waals surface area contributed by atoms with Crippen LogP contribution in [0.2, 0.25) is 0 Å². The lowest BCUT2D eigenvalue weighted by molar-refractivity contribution is 0.768. The summed E-state index contributed by atoms with van der Waals surface area (Å²) >= 11 is 0. The normalized spacial score (nSPS) is 12.5. The summed E-state index contributed by atoms with van der Waals surface area (Å²) in [6.45, 7) is 0. The van der Waals surface area contributed by atoms with Crippen molar-refractivity contribution in [2.45, 2.75) is 5.41 Å². The highest BCUT2D eigenvalue weighted by molar-refractivity contribution is 6.20. The predicted octanol–water partition coefficient (Wildman–Crippen LogP) is 17.7. The Kier molecular flexibility index (Phi) is 10.1. The van der Waals surface area contributed by atoms with Gasteiger partial charge in [-0.15, -0.1) is 0 Å². The first-order valence-corrected chi connectivity index (χ1v) is 25.0. The van der Waals surface area contributed by atoms with Gasteiger partial charge in [0.2, 0.25) is 0 Å². The fourth-order valence-electron chi connectivity index (χ4n) is 11.7. The Bertz CT molecular complexity index is 4220. The maximum Gasteiger partial charge on any atom is 0.164 e. The van der Waals surface area contributed by atoms with Crippen LogP contribution in [0.4, 0.5) is 0 Å². The number of benzene rings is 12. The van der Waals surface area contributed by atoms with Crippen LogP contribution in [0.3, 0.4) is 0 Å². The van der Waals surface area contributed by atoms with Gasteiger partial charge < -0.3 is 0 Å². The highest BCUT2D eigenvalue weighted by Gasteiger charge is 2.46. The van der Waals surface area contributed by atoms with Gasteiger partial charge in [-0.2, -0.15) is 0 Å². The monoisotopic (exact) mass is 927 g/mol. The third-order valence-corrected chi connectivity index (χ3v) is 15.0. The Morgan fingerprint density at radius 1 is 0.233 bits per heavy atom. The first-order chi connectivity index (χ1) is 36.2. The number of aromatic nitrogens is 3. The van der Waals surface area contributed by atoms with Crippen LogP contribution in [0, 0.1) is 0 Å². The Hall–Kier alpha value is -9.57. The maximum atomic E-state index is 5.41. The molecule has 0 fully saturated rings. The quantitative estimate of drug-likeness (QED) is 0.113. The van der Waals surface area contributed by atoms with Crippen LogP contribution in [-0.4, -0.2) is 15.0 Å². The van der Waals surface area contributed by atoms with Crippen LogP contribution in [0.25, 0.3) is 111 Å². The summed E-state index contributed by atoms with van der Waals surface area (Å²) in [6.07, 6.45) is 0. The molecule has 12 aromatic carbocycles. The van der Waals surface area contributed by atoms with Gasteiger partial charge in [0.25, 0.3) is 0 Å². The molecule has 73 heavy (non-hydrogen) atoms. The topological polar surface area (TPSA) is 38.7 Å². The zero-order chi connectivity index (χ0) is 48.3. The van der Waals surface area contributed by atoms with E-state index in [2.05, 4.69) is 273 Å². The highest BCUT2D eigenvalue weighted by Crippen LogP contribution is 2.56. The molecule has 14 rings (SSSR count). The lowest BCUT2D eigenvalue weighted by Gasteiger charge is -2.33. The molecular weight excluding hydrogens is 883 g/mol. The summed E-state index contributed by atoms with van der Waals surface area (Å²) in [7, 11) is 0. The summed E-state index contributed by atoms with van der Waals surface area (Å²) in [5.41, 5.74) is 16.3. The van der Waals surface area contributed by atoms with Crippen molar-refractivity contribution in [2.24, 2.45) is 0 Å². The van der Waals surface area contributed by atoms with E-state index in [1.54, 1.807) is 0 Å². The molecule has 1 aromatic heterocycles. The lowest BCUT2D eigenvalue weighted by Crippen LogP contribution is -2.28. The second-order valence-corrected chi connectivity index (χ2v) is 19.0. The molecule has 13 aromatic rings. The smallest absolute Gasteiger partial charge is 0.164 e. The van der Waals surface area contributed by atoms with Crippen LogP contribution in [0.15, 0.2) is 273 Å². The molecule has 0 bridgehead atoms. The molecule has 0 spiro atoms. The first kappa shape index (κ1) is 42.3. The third kappa shape index (κ3) is 7.00. The van der Waals surface area contributed by atoms with Crippen molar-refractivity contribution in [3.8, 4) is 78.7 Å². The predicted molar refractivity (Wildman–Crippen MR) is 302 cm³/mol. The summed E-state index contributed by atoms with van der Waals surface area (Å²) < 4.78 is 0. The average molecular weight is 928 g/mol. The van der Waals surface area contributed by atoms with Gasteiger partial charge in [0.05, 0.1) is 5.41 Å². The van der Waals surface area contributed by atoms with E-state index < -0.39 is 5.41 Å². The van der Waals surface area contributed by atoms with Crippen molar-refractivity contribution >= 4 is 32.3 Å². The van der Waals surface area contributed by atoms with Gasteiger partial charge in [0, 0.05) is 16.7 Å². The number of hydrogen-bond acceptors (Lipinski definition) is 3. The van der Waals surface area contributed by atoms with Crippen molar-refractivity contribution in [3.05, 3.63) is 295 Å². The van der Waals surface area contributed by atoms with Gasteiger partial charge in [-0.05, 0) is 123 Å². The SMILES string of the molecule is c1ccc(-c2ccccc2-c2nc(-c3cccc(-c4cccc(-c5c6ccccc6cc6c5ccc5ccccc56)c4)c3)nc(-c3ccc4c(c3)-c3ccccc3C4(c3ccccc3)c3ccccc3)n2)cc1. The van der Waals surface area contributed by atoms with Gasteiger partial charge in [0.1, 0.15) is 0 Å². The Balaban J connectivity index is 0.939. The summed E-state index contributed by atoms with van der Waals surface area (Å²) in [4.78, 5) is 16.2. The van der Waals surface area contributed by atoms with E-state index in [1.165, 1.54) is 76.8 Å². The van der Waals surface area contributed by atoms with E-state index in [4.69, 9.17) is 15.0 Å². The molecule has 3 heteroatoms. The zero-order valence-electron chi connectivity index (χ0n) is 39.8. The van der Waals surface area contributed by atoms with E-state index in [1.807, 2.05) is 0 Å². The van der Waals surface area contributed by atoms with Gasteiger partial charge >= 0.3 is 0 Å². The van der Waals surface area contributed by atoms with Gasteiger partial charge in [-0.3, -0.25) is 0 Å². The first-order valence-electron chi connectivity index (χ1n) is 25.0. The zero-order valence-corrected chi connectivity index (χ0v) is 39.8. The Labute approximate surface area is 424 Å². The van der Waals surface area contributed by atoms with E-state index in [0.717, 1.165) is 38.9 Å². The molecule has 0 saturated carbocycles. The molecule has 340 valence electrons. The second kappa shape index (κ2) is 17.4. The van der Waals surface area contributed by atoms with Gasteiger partial charge in [-0.25, -0.2) is 15.0 Å². The van der Waals surface area contributed by atoms with Crippen molar-refractivity contribution in [3.63, 3.8) is 0 Å². The van der Waals surface area contributed by atoms with E-state index in [0.29, 0.717) is 17.5 Å². The van der Waals surface area contributed by atoms with Gasteiger partial charge in [-0.1, -0.05) is 249 Å². The minimum atomic E-state index is -0.510. The number of hydrogen-bond donors (Lipinski definition) is 0. The molecule has 1 aliphatic carbocycles. The van der Waals surface area contributed by atoms with Crippen molar-refractivity contribution < 1.29 is 0 Å². The molecule has 1 aliphatic rings. The standard InChI is InChI=1S/C70H45N3/c1-4-20-46(21-5-1)56-32-14-15-36-61(56)69-72-67(71-68(73-69)53-39-41-65-63(45-53)59-35-16-17-37-64(59)70(65,54-28-6-2-7-29-54)55-30-8-3-9-31-55)52-27-19-25-49(43-52)48-24-18-26-51(42-48)66-58-34-13-11-23-50(58)44-62-57-33-12-10-22-47(57)38-40-60(62)66/h1-45H. The molecule has 0 unspecified atom stereocenters. The summed E-state index contributed by atoms with van der Waals surface area (Å²) in [5.74, 6) is 1.84. The number of fused-ring (bicyclic) bond motifs is 7. The van der Waals surface area contributed by atoms with Crippen LogP contribution in [0.5, 0.6) is 0 Å². The molecule has 0 aliphatic heterocycles. The minimum Gasteiger partial charge on any atom is -0.208 e. The lowest BCUT2D eigenvalue weighted by atomic mass is 9.67.